The van der Waals surface area contributed by atoms with E-state index in [2.05, 4.69) is 261 Å². The molecule has 0 amide bonds. The lowest BCUT2D eigenvalue weighted by atomic mass is 9.81. The van der Waals surface area contributed by atoms with Crippen LogP contribution in [-0.4, -0.2) is 4.57 Å². The molecule has 1 heteroatoms. The van der Waals surface area contributed by atoms with E-state index in [0.29, 0.717) is 0 Å². The highest BCUT2D eigenvalue weighted by Gasteiger charge is 2.37. The van der Waals surface area contributed by atoms with Gasteiger partial charge in [-0.05, 0) is 186 Å². The van der Waals surface area contributed by atoms with E-state index in [-0.39, 0.29) is 10.8 Å². The van der Waals surface area contributed by atoms with E-state index >= 15 is 0 Å². The second-order valence-electron chi connectivity index (χ2n) is 22.0. The molecule has 0 aliphatic heterocycles. The van der Waals surface area contributed by atoms with Gasteiger partial charge in [0.15, 0.2) is 0 Å². The van der Waals surface area contributed by atoms with Crippen molar-refractivity contribution in [3.63, 3.8) is 0 Å². The Kier molecular flexibility index (Phi) is 9.78. The molecule has 1 heterocycles. The Bertz CT molecular complexity index is 4090. The SMILES string of the molecule is Cc1ccccc1-c1ccc(-c2cc(-c3ccc4c(c3)C(C)(C)c3ccccc3-4)c3c(c2)c2cc(-c4ccc5c(c4)C(C)(C)c4ccccc4-5)cc(-c4ccc(-c5ccccc5C)c(C)c4)c2n3C)cc1C. The molecule has 0 atom stereocenters. The number of nitrogens with zero attached hydrogens (tertiary/aromatic N) is 1. The van der Waals surface area contributed by atoms with E-state index in [1.165, 1.54) is 155 Å². The molecule has 72 heavy (non-hydrogen) atoms. The van der Waals surface area contributed by atoms with Gasteiger partial charge in [0.2, 0.25) is 0 Å². The summed E-state index contributed by atoms with van der Waals surface area (Å²) in [6, 6.07) is 74.1. The second-order valence-corrected chi connectivity index (χ2v) is 22.0. The topological polar surface area (TPSA) is 4.93 Å². The van der Waals surface area contributed by atoms with Crippen molar-refractivity contribution in [2.75, 3.05) is 0 Å². The van der Waals surface area contributed by atoms with Gasteiger partial charge < -0.3 is 4.57 Å². The van der Waals surface area contributed by atoms with Gasteiger partial charge in [-0.15, -0.1) is 0 Å². The Hall–Kier alpha value is -8.00. The fourth-order valence-corrected chi connectivity index (χ4v) is 13.1. The third-order valence-corrected chi connectivity index (χ3v) is 17.0. The smallest absolute Gasteiger partial charge is 0.0568 e. The van der Waals surface area contributed by atoms with E-state index in [1.807, 2.05) is 0 Å². The molecule has 2 aliphatic carbocycles. The highest BCUT2D eigenvalue weighted by Crippen LogP contribution is 2.53. The molecule has 0 saturated carbocycles. The zero-order chi connectivity index (χ0) is 49.4. The zero-order valence-corrected chi connectivity index (χ0v) is 42.9. The Morgan fingerprint density at radius 2 is 0.597 bits per heavy atom. The number of benzene rings is 10. The van der Waals surface area contributed by atoms with Crippen LogP contribution in [0.5, 0.6) is 0 Å². The minimum absolute atomic E-state index is 0.112. The molecule has 0 spiro atoms. The van der Waals surface area contributed by atoms with Gasteiger partial charge in [0.1, 0.15) is 0 Å². The van der Waals surface area contributed by atoms with Gasteiger partial charge in [-0.3, -0.25) is 0 Å². The minimum Gasteiger partial charge on any atom is -0.343 e. The molecule has 13 rings (SSSR count). The normalized spacial score (nSPS) is 13.8. The quantitative estimate of drug-likeness (QED) is 0.157. The van der Waals surface area contributed by atoms with Gasteiger partial charge >= 0.3 is 0 Å². The summed E-state index contributed by atoms with van der Waals surface area (Å²) in [5.41, 5.74) is 33.2. The Morgan fingerprint density at radius 1 is 0.264 bits per heavy atom. The fraction of sp³-hybridized carbons (Fsp3) is 0.155. The van der Waals surface area contributed by atoms with E-state index in [4.69, 9.17) is 0 Å². The van der Waals surface area contributed by atoms with Crippen LogP contribution in [0, 0.1) is 27.7 Å². The molecule has 0 bridgehead atoms. The fourth-order valence-electron chi connectivity index (χ4n) is 13.1. The maximum Gasteiger partial charge on any atom is 0.0568 e. The summed E-state index contributed by atoms with van der Waals surface area (Å²) >= 11 is 0. The van der Waals surface area contributed by atoms with Crippen LogP contribution in [0.4, 0.5) is 0 Å². The van der Waals surface area contributed by atoms with Crippen molar-refractivity contribution >= 4 is 21.8 Å². The molecule has 0 radical (unpaired) electrons. The molecular formula is C71H59N. The van der Waals surface area contributed by atoms with Crippen molar-refractivity contribution in [1.82, 2.24) is 4.57 Å². The van der Waals surface area contributed by atoms with Crippen molar-refractivity contribution in [2.45, 2.75) is 66.2 Å². The first-order valence-corrected chi connectivity index (χ1v) is 25.7. The van der Waals surface area contributed by atoms with Crippen LogP contribution in [0.1, 0.15) is 72.2 Å². The number of rotatable bonds is 6. The Labute approximate surface area is 425 Å². The maximum absolute atomic E-state index is 2.51. The molecule has 1 nitrogen and oxygen atoms in total. The first-order chi connectivity index (χ1) is 34.8. The minimum atomic E-state index is -0.129. The van der Waals surface area contributed by atoms with E-state index < -0.39 is 0 Å². The van der Waals surface area contributed by atoms with Crippen LogP contribution in [0.15, 0.2) is 194 Å². The van der Waals surface area contributed by atoms with Crippen molar-refractivity contribution < 1.29 is 0 Å². The van der Waals surface area contributed by atoms with Crippen molar-refractivity contribution in [2.24, 2.45) is 7.05 Å². The van der Waals surface area contributed by atoms with Crippen molar-refractivity contribution in [1.29, 1.82) is 0 Å². The summed E-state index contributed by atoms with van der Waals surface area (Å²) in [5, 5.41) is 2.52. The third-order valence-electron chi connectivity index (χ3n) is 17.0. The number of fused-ring (bicyclic) bond motifs is 9. The number of aromatic nitrogens is 1. The van der Waals surface area contributed by atoms with Gasteiger partial charge in [-0.2, -0.15) is 0 Å². The summed E-state index contributed by atoms with van der Waals surface area (Å²) in [6.45, 7) is 18.5. The van der Waals surface area contributed by atoms with Crippen molar-refractivity contribution in [3.8, 4) is 89.0 Å². The predicted octanol–water partition coefficient (Wildman–Crippen LogP) is 19.2. The maximum atomic E-state index is 2.51. The molecule has 0 N–H and O–H groups in total. The molecular weight excluding hydrogens is 867 g/mol. The van der Waals surface area contributed by atoms with Crippen LogP contribution in [0.2, 0.25) is 0 Å². The molecule has 1 aromatic heterocycles. The van der Waals surface area contributed by atoms with Gasteiger partial charge in [-0.1, -0.05) is 185 Å². The van der Waals surface area contributed by atoms with Crippen LogP contribution in [0.25, 0.3) is 111 Å². The van der Waals surface area contributed by atoms with Gasteiger partial charge in [0.25, 0.3) is 0 Å². The Morgan fingerprint density at radius 3 is 1.06 bits per heavy atom. The molecule has 10 aromatic carbocycles. The monoisotopic (exact) mass is 925 g/mol. The van der Waals surface area contributed by atoms with Gasteiger partial charge in [-0.25, -0.2) is 0 Å². The number of hydrogen-bond acceptors (Lipinski definition) is 0. The first-order valence-electron chi connectivity index (χ1n) is 25.7. The molecule has 2 aliphatic rings. The zero-order valence-electron chi connectivity index (χ0n) is 42.9. The average molecular weight is 926 g/mol. The first kappa shape index (κ1) is 44.0. The highest BCUT2D eigenvalue weighted by molar-refractivity contribution is 6.18. The van der Waals surface area contributed by atoms with Crippen LogP contribution < -0.4 is 0 Å². The lowest BCUT2D eigenvalue weighted by Crippen LogP contribution is -2.14. The highest BCUT2D eigenvalue weighted by atomic mass is 14.9. The molecule has 11 aromatic rings. The average Bonchev–Trinajstić information content (AvgIpc) is 3.91. The molecule has 0 saturated heterocycles. The summed E-state index contributed by atoms with van der Waals surface area (Å²) in [5.74, 6) is 0. The van der Waals surface area contributed by atoms with E-state index in [1.54, 1.807) is 0 Å². The summed E-state index contributed by atoms with van der Waals surface area (Å²) in [7, 11) is 2.30. The van der Waals surface area contributed by atoms with E-state index in [0.717, 1.165) is 0 Å². The standard InChI is InChI=1S/C71H59N/c1-42-18-10-12-20-52(42)54-30-26-46(34-44(54)3)50-36-61(49-29-33-59-57-23-15-17-25-65(57)71(7,8)67(59)41-49)69-62(38-50)63-39-51(47-27-32-58-56-22-14-16-24-64(56)70(5,6)66(58)40-47)37-60(68(63)72(69)9)48-28-31-55(45(4)35-48)53-21-13-11-19-43(53)2/h10-41H,1-9H3. The largest absolute Gasteiger partial charge is 0.343 e. The van der Waals surface area contributed by atoms with Gasteiger partial charge in [0, 0.05) is 39.8 Å². The van der Waals surface area contributed by atoms with E-state index in [9.17, 15) is 0 Å². The number of hydrogen-bond donors (Lipinski definition) is 0. The molecule has 0 unspecified atom stereocenters. The predicted molar refractivity (Wildman–Crippen MR) is 307 cm³/mol. The van der Waals surface area contributed by atoms with Crippen molar-refractivity contribution in [3.05, 3.63) is 239 Å². The second kappa shape index (κ2) is 16.0. The Balaban J connectivity index is 1.09. The third kappa shape index (κ3) is 6.53. The van der Waals surface area contributed by atoms with Gasteiger partial charge in [0.05, 0.1) is 11.0 Å². The summed E-state index contributed by atoms with van der Waals surface area (Å²) in [4.78, 5) is 0. The summed E-state index contributed by atoms with van der Waals surface area (Å²) < 4.78 is 2.51. The van der Waals surface area contributed by atoms with Crippen LogP contribution in [0.3, 0.4) is 0 Å². The van der Waals surface area contributed by atoms with Crippen LogP contribution >= 0.6 is 0 Å². The lowest BCUT2D eigenvalue weighted by molar-refractivity contribution is 0.660. The molecule has 0 fully saturated rings. The lowest BCUT2D eigenvalue weighted by Gasteiger charge is -2.22. The molecule has 348 valence electrons. The number of aryl methyl sites for hydroxylation is 5. The van der Waals surface area contributed by atoms with Crippen LogP contribution in [-0.2, 0) is 17.9 Å². The summed E-state index contributed by atoms with van der Waals surface area (Å²) in [6.07, 6.45) is 0.